The second-order valence-electron chi connectivity index (χ2n) is 13.0. The van der Waals surface area contributed by atoms with Gasteiger partial charge in [0.1, 0.15) is 28.9 Å². The van der Waals surface area contributed by atoms with Crippen molar-refractivity contribution in [3.63, 3.8) is 0 Å². The van der Waals surface area contributed by atoms with E-state index in [9.17, 15) is 22.0 Å². The molecule has 2 aliphatic heterocycles. The van der Waals surface area contributed by atoms with Crippen molar-refractivity contribution in [3.05, 3.63) is 102 Å². The molecule has 3 heterocycles. The van der Waals surface area contributed by atoms with Gasteiger partial charge in [0.05, 0.1) is 22.1 Å². The predicted octanol–water partition coefficient (Wildman–Crippen LogP) is 6.88. The molecule has 1 saturated heterocycles. The number of sulfonamides is 1. The molecular weight excluding hydrogens is 624 g/mol. The van der Waals surface area contributed by atoms with Gasteiger partial charge in [-0.05, 0) is 94.1 Å². The summed E-state index contributed by atoms with van der Waals surface area (Å²) in [6.45, 7) is 8.39. The van der Waals surface area contributed by atoms with E-state index in [1.165, 1.54) is 28.6 Å². The van der Waals surface area contributed by atoms with Crippen LogP contribution in [0.1, 0.15) is 56.5 Å². The Bertz CT molecular complexity index is 1890. The van der Waals surface area contributed by atoms with Gasteiger partial charge in [-0.3, -0.25) is 4.31 Å². The average Bonchev–Trinajstić information content (AvgIpc) is 3.41. The van der Waals surface area contributed by atoms with Crippen molar-refractivity contribution in [2.45, 2.75) is 63.0 Å². The molecule has 1 fully saturated rings. The third kappa shape index (κ3) is 6.78. The van der Waals surface area contributed by atoms with E-state index >= 15 is 0 Å². The van der Waals surface area contributed by atoms with Crippen LogP contribution in [-0.4, -0.2) is 60.7 Å². The number of anilines is 2. The number of halogens is 2. The lowest BCUT2D eigenvalue weighted by atomic mass is 9.95. The summed E-state index contributed by atoms with van der Waals surface area (Å²) in [7, 11) is -4.00. The molecule has 0 aliphatic carbocycles. The van der Waals surface area contributed by atoms with Crippen LogP contribution in [0.25, 0.3) is 11.1 Å². The number of ether oxygens (including phenoxy) is 1. The molecular formula is C35H37F2N5O4S. The fourth-order valence-corrected chi connectivity index (χ4v) is 7.56. The summed E-state index contributed by atoms with van der Waals surface area (Å²) in [6.07, 6.45) is 2.82. The molecule has 0 bridgehead atoms. The highest BCUT2D eigenvalue weighted by molar-refractivity contribution is 7.92. The highest BCUT2D eigenvalue weighted by Crippen LogP contribution is 2.44. The number of fused-ring (bicyclic) bond motifs is 1. The van der Waals surface area contributed by atoms with Crippen molar-refractivity contribution in [2.24, 2.45) is 0 Å². The Morgan fingerprint density at radius 3 is 2.43 bits per heavy atom. The minimum Gasteiger partial charge on any atom is -0.444 e. The summed E-state index contributed by atoms with van der Waals surface area (Å²) in [5.41, 5.74) is 1.32. The number of amides is 1. The summed E-state index contributed by atoms with van der Waals surface area (Å²) >= 11 is 0. The molecule has 4 aromatic rings. The maximum atomic E-state index is 14.9. The second kappa shape index (κ2) is 12.6. The van der Waals surface area contributed by atoms with Gasteiger partial charge in [0, 0.05) is 31.9 Å². The van der Waals surface area contributed by atoms with Crippen LogP contribution >= 0.6 is 0 Å². The Kier molecular flexibility index (Phi) is 8.64. The number of rotatable bonds is 6. The molecule has 9 nitrogen and oxygen atoms in total. The van der Waals surface area contributed by atoms with Crippen LogP contribution in [0, 0.1) is 18.6 Å². The van der Waals surface area contributed by atoms with Gasteiger partial charge in [-0.1, -0.05) is 29.8 Å². The normalized spacial score (nSPS) is 18.2. The number of carbonyl (C=O) groups is 1. The Labute approximate surface area is 273 Å². The molecule has 47 heavy (non-hydrogen) atoms. The monoisotopic (exact) mass is 661 g/mol. The van der Waals surface area contributed by atoms with Crippen molar-refractivity contribution in [1.29, 1.82) is 0 Å². The van der Waals surface area contributed by atoms with Gasteiger partial charge in [0.15, 0.2) is 0 Å². The summed E-state index contributed by atoms with van der Waals surface area (Å²) < 4.78 is 64.5. The van der Waals surface area contributed by atoms with E-state index in [4.69, 9.17) is 9.72 Å². The Morgan fingerprint density at radius 2 is 1.72 bits per heavy atom. The van der Waals surface area contributed by atoms with Crippen molar-refractivity contribution in [2.75, 3.05) is 29.3 Å². The van der Waals surface area contributed by atoms with Crippen LogP contribution in [0.2, 0.25) is 0 Å². The third-order valence-electron chi connectivity index (χ3n) is 8.29. The molecule has 1 aromatic heterocycles. The fourth-order valence-electron chi connectivity index (χ4n) is 6.06. The third-order valence-corrected chi connectivity index (χ3v) is 10.1. The molecule has 2 aliphatic rings. The topological polar surface area (TPSA) is 105 Å². The zero-order valence-electron chi connectivity index (χ0n) is 26.7. The van der Waals surface area contributed by atoms with E-state index < -0.39 is 33.2 Å². The summed E-state index contributed by atoms with van der Waals surface area (Å²) in [4.78, 5) is 23.8. The zero-order valence-corrected chi connectivity index (χ0v) is 27.5. The molecule has 0 radical (unpaired) electrons. The van der Waals surface area contributed by atoms with Gasteiger partial charge in [-0.15, -0.1) is 0 Å². The van der Waals surface area contributed by atoms with Crippen molar-refractivity contribution in [1.82, 2.24) is 14.9 Å². The largest absolute Gasteiger partial charge is 0.444 e. The van der Waals surface area contributed by atoms with Crippen LogP contribution in [-0.2, 0) is 14.8 Å². The number of likely N-dealkylation sites (tertiary alicyclic amines) is 1. The van der Waals surface area contributed by atoms with E-state index in [1.54, 1.807) is 53.6 Å². The first kappa shape index (κ1) is 32.4. The molecule has 246 valence electrons. The number of piperidine rings is 1. The molecule has 0 spiro atoms. The molecule has 6 rings (SSSR count). The molecule has 1 unspecified atom stereocenters. The number of nitrogens with zero attached hydrogens (tertiary/aromatic N) is 4. The number of hydrogen-bond donors (Lipinski definition) is 1. The van der Waals surface area contributed by atoms with E-state index in [0.717, 1.165) is 18.4 Å². The highest BCUT2D eigenvalue weighted by Gasteiger charge is 2.39. The van der Waals surface area contributed by atoms with Crippen LogP contribution in [0.15, 0.2) is 77.8 Å². The van der Waals surface area contributed by atoms with E-state index in [2.05, 4.69) is 10.3 Å². The summed E-state index contributed by atoms with van der Waals surface area (Å²) in [5.74, 6) is -1.21. The van der Waals surface area contributed by atoms with Crippen LogP contribution in [0.5, 0.6) is 0 Å². The van der Waals surface area contributed by atoms with E-state index in [-0.39, 0.29) is 34.7 Å². The Morgan fingerprint density at radius 1 is 1.00 bits per heavy atom. The number of aromatic nitrogens is 2. The second-order valence-corrected chi connectivity index (χ2v) is 14.8. The van der Waals surface area contributed by atoms with Gasteiger partial charge in [0.2, 0.25) is 0 Å². The first-order chi connectivity index (χ1) is 22.3. The number of carbonyl (C=O) groups excluding carboxylic acids is 1. The average molecular weight is 662 g/mol. The lowest BCUT2D eigenvalue weighted by Crippen LogP contribution is -2.47. The molecule has 3 aromatic carbocycles. The molecule has 0 saturated carbocycles. The quantitative estimate of drug-likeness (QED) is 0.240. The molecule has 12 heteroatoms. The summed E-state index contributed by atoms with van der Waals surface area (Å²) in [6, 6.07) is 16.6. The minimum absolute atomic E-state index is 0.00590. The minimum atomic E-state index is -4.00. The molecule has 2 atom stereocenters. The number of aryl methyl sites for hydroxylation is 1. The first-order valence-corrected chi connectivity index (χ1v) is 17.0. The van der Waals surface area contributed by atoms with E-state index in [1.807, 2.05) is 27.7 Å². The van der Waals surface area contributed by atoms with Gasteiger partial charge in [-0.2, -0.15) is 0 Å². The standard InChI is InChI=1S/C35H37F2N5O4S/c1-22-10-13-25(14-11-22)47(44,45)42-21-27(26-19-23(12-15-30(26)42)32-28(36)8-5-9-29(32)37)33-38-17-16-31(40-33)39-24-7-6-18-41(20-24)34(43)46-35(2,3)4/h5,8-17,19,24,27H,6-7,18,20-21H2,1-4H3,(H,38,39,40)/t24-,27?/m1/s1. The number of nitrogens with one attached hydrogen (secondary N) is 1. The van der Waals surface area contributed by atoms with Crippen molar-refractivity contribution < 1.29 is 26.7 Å². The fraction of sp³-hybridized carbons (Fsp3) is 0.343. The lowest BCUT2D eigenvalue weighted by Gasteiger charge is -2.34. The van der Waals surface area contributed by atoms with Crippen LogP contribution in [0.3, 0.4) is 0 Å². The van der Waals surface area contributed by atoms with Crippen molar-refractivity contribution >= 4 is 27.6 Å². The Balaban J connectivity index is 1.34. The first-order valence-electron chi connectivity index (χ1n) is 15.6. The van der Waals surface area contributed by atoms with Crippen LogP contribution in [0.4, 0.5) is 25.1 Å². The van der Waals surface area contributed by atoms with Crippen LogP contribution < -0.4 is 9.62 Å². The van der Waals surface area contributed by atoms with Gasteiger partial charge >= 0.3 is 6.09 Å². The smallest absolute Gasteiger partial charge is 0.410 e. The summed E-state index contributed by atoms with van der Waals surface area (Å²) in [5, 5.41) is 3.41. The Hall–Kier alpha value is -4.58. The van der Waals surface area contributed by atoms with Gasteiger partial charge < -0.3 is 15.0 Å². The SMILES string of the molecule is Cc1ccc(S(=O)(=O)N2CC(c3nccc(N[C@@H]4CCCN(C(=O)OC(C)(C)C)C4)n3)c3cc(-c4c(F)cccc4F)ccc32)cc1. The number of hydrogen-bond acceptors (Lipinski definition) is 7. The zero-order chi connectivity index (χ0) is 33.5. The molecule has 1 N–H and O–H groups in total. The van der Waals surface area contributed by atoms with E-state index in [0.29, 0.717) is 36.0 Å². The maximum absolute atomic E-state index is 14.9. The molecule has 1 amide bonds. The van der Waals surface area contributed by atoms with Gasteiger partial charge in [-0.25, -0.2) is 32.0 Å². The van der Waals surface area contributed by atoms with Gasteiger partial charge in [0.25, 0.3) is 10.0 Å². The predicted molar refractivity (Wildman–Crippen MR) is 176 cm³/mol. The highest BCUT2D eigenvalue weighted by atomic mass is 32.2. The lowest BCUT2D eigenvalue weighted by molar-refractivity contribution is 0.0206. The number of benzene rings is 3. The van der Waals surface area contributed by atoms with Crippen molar-refractivity contribution in [3.8, 4) is 11.1 Å². The maximum Gasteiger partial charge on any atom is 0.410 e.